The third kappa shape index (κ3) is 4.53. The molecular weight excluding hydrogens is 220 g/mol. The van der Waals surface area contributed by atoms with Gasteiger partial charge in [0, 0.05) is 18.9 Å². The van der Waals surface area contributed by atoms with Crippen LogP contribution in [-0.2, 0) is 0 Å². The lowest BCUT2D eigenvalue weighted by Crippen LogP contribution is -2.44. The molecule has 1 rings (SSSR count). The van der Waals surface area contributed by atoms with Gasteiger partial charge in [0.2, 0.25) is 5.92 Å². The van der Waals surface area contributed by atoms with Crippen molar-refractivity contribution in [1.29, 1.82) is 0 Å². The van der Waals surface area contributed by atoms with Crippen LogP contribution < -0.4 is 5.32 Å². The molecule has 2 unspecified atom stereocenters. The van der Waals surface area contributed by atoms with Gasteiger partial charge < -0.3 is 5.32 Å². The fourth-order valence-corrected chi connectivity index (χ4v) is 2.82. The fraction of sp³-hybridized carbons (Fsp3) is 1.00. The van der Waals surface area contributed by atoms with Gasteiger partial charge in [-0.15, -0.1) is 0 Å². The Morgan fingerprint density at radius 3 is 2.29 bits per heavy atom. The van der Waals surface area contributed by atoms with Crippen LogP contribution in [0.25, 0.3) is 0 Å². The largest absolute Gasteiger partial charge is 0.313 e. The zero-order valence-electron chi connectivity index (χ0n) is 11.4. The van der Waals surface area contributed by atoms with Crippen LogP contribution in [0.5, 0.6) is 0 Å². The van der Waals surface area contributed by atoms with Crippen molar-refractivity contribution in [3.05, 3.63) is 0 Å². The van der Waals surface area contributed by atoms with Gasteiger partial charge in [0.15, 0.2) is 0 Å². The lowest BCUT2D eigenvalue weighted by Gasteiger charge is -2.37. The van der Waals surface area contributed by atoms with Gasteiger partial charge in [-0.1, -0.05) is 27.2 Å². The molecule has 0 aromatic rings. The topological polar surface area (TPSA) is 12.0 Å². The van der Waals surface area contributed by atoms with Gasteiger partial charge in [-0.2, -0.15) is 0 Å². The Hall–Kier alpha value is -0.180. The molecule has 1 saturated carbocycles. The summed E-state index contributed by atoms with van der Waals surface area (Å²) in [4.78, 5) is 0. The van der Waals surface area contributed by atoms with Gasteiger partial charge >= 0.3 is 0 Å². The quantitative estimate of drug-likeness (QED) is 0.740. The van der Waals surface area contributed by atoms with Gasteiger partial charge in [0.1, 0.15) is 0 Å². The Balaban J connectivity index is 2.52. The maximum absolute atomic E-state index is 13.2. The van der Waals surface area contributed by atoms with E-state index >= 15 is 0 Å². The smallest absolute Gasteiger partial charge is 0.248 e. The third-order valence-corrected chi connectivity index (χ3v) is 4.16. The summed E-state index contributed by atoms with van der Waals surface area (Å²) in [7, 11) is 0. The number of hydrogen-bond donors (Lipinski definition) is 1. The second kappa shape index (κ2) is 6.67. The third-order valence-electron chi connectivity index (χ3n) is 4.16. The van der Waals surface area contributed by atoms with Gasteiger partial charge in [-0.05, 0) is 37.6 Å². The monoisotopic (exact) mass is 247 g/mol. The molecule has 17 heavy (non-hydrogen) atoms. The summed E-state index contributed by atoms with van der Waals surface area (Å²) in [6.45, 7) is 7.57. The van der Waals surface area contributed by atoms with Crippen LogP contribution in [-0.4, -0.2) is 18.5 Å². The van der Waals surface area contributed by atoms with Crippen molar-refractivity contribution in [2.45, 2.75) is 71.3 Å². The Labute approximate surface area is 104 Å². The van der Waals surface area contributed by atoms with Gasteiger partial charge in [-0.3, -0.25) is 0 Å². The summed E-state index contributed by atoms with van der Waals surface area (Å²) in [5.41, 5.74) is 0. The van der Waals surface area contributed by atoms with Crippen molar-refractivity contribution in [3.8, 4) is 0 Å². The Bertz CT molecular complexity index is 208. The molecule has 0 radical (unpaired) electrons. The van der Waals surface area contributed by atoms with Crippen LogP contribution in [0.4, 0.5) is 8.78 Å². The van der Waals surface area contributed by atoms with Gasteiger partial charge in [-0.25, -0.2) is 8.78 Å². The molecule has 0 aliphatic heterocycles. The SMILES string of the molecule is CCCNC(C(C)CC)C1CCC(F)(F)CC1. The molecule has 0 saturated heterocycles. The molecular formula is C14H27F2N. The highest BCUT2D eigenvalue weighted by Crippen LogP contribution is 2.39. The minimum absolute atomic E-state index is 0.0818. The first-order chi connectivity index (χ1) is 8.00. The molecule has 0 aromatic heterocycles. The van der Waals surface area contributed by atoms with Crippen molar-refractivity contribution in [2.24, 2.45) is 11.8 Å². The van der Waals surface area contributed by atoms with Crippen LogP contribution in [0.2, 0.25) is 0 Å². The Morgan fingerprint density at radius 1 is 1.24 bits per heavy atom. The zero-order chi connectivity index (χ0) is 12.9. The summed E-state index contributed by atoms with van der Waals surface area (Å²) < 4.78 is 26.3. The first kappa shape index (κ1) is 14.9. The van der Waals surface area contributed by atoms with E-state index in [1.165, 1.54) is 0 Å². The van der Waals surface area contributed by atoms with Crippen molar-refractivity contribution in [3.63, 3.8) is 0 Å². The number of hydrogen-bond acceptors (Lipinski definition) is 1. The minimum atomic E-state index is -2.40. The molecule has 0 amide bonds. The lowest BCUT2D eigenvalue weighted by molar-refractivity contribution is -0.0517. The Morgan fingerprint density at radius 2 is 1.82 bits per heavy atom. The maximum atomic E-state index is 13.2. The number of halogens is 2. The highest BCUT2D eigenvalue weighted by atomic mass is 19.3. The summed E-state index contributed by atoms with van der Waals surface area (Å²) in [6, 6.07) is 0.427. The maximum Gasteiger partial charge on any atom is 0.248 e. The van der Waals surface area contributed by atoms with E-state index in [1.807, 2.05) is 0 Å². The van der Waals surface area contributed by atoms with Crippen LogP contribution in [0.1, 0.15) is 59.3 Å². The van der Waals surface area contributed by atoms with E-state index in [9.17, 15) is 8.78 Å². The second-order valence-corrected chi connectivity index (χ2v) is 5.56. The summed E-state index contributed by atoms with van der Waals surface area (Å²) in [6.07, 6.45) is 3.75. The zero-order valence-corrected chi connectivity index (χ0v) is 11.4. The van der Waals surface area contributed by atoms with Gasteiger partial charge in [0.05, 0.1) is 0 Å². The van der Waals surface area contributed by atoms with Crippen LogP contribution in [0.3, 0.4) is 0 Å². The second-order valence-electron chi connectivity index (χ2n) is 5.56. The minimum Gasteiger partial charge on any atom is -0.313 e. The van der Waals surface area contributed by atoms with Crippen molar-refractivity contribution < 1.29 is 8.78 Å². The molecule has 0 spiro atoms. The predicted octanol–water partition coefficient (Wildman–Crippen LogP) is 4.23. The summed E-state index contributed by atoms with van der Waals surface area (Å²) in [5, 5.41) is 3.57. The van der Waals surface area contributed by atoms with E-state index in [0.717, 1.165) is 19.4 Å². The molecule has 2 atom stereocenters. The average Bonchev–Trinajstić information content (AvgIpc) is 2.30. The average molecular weight is 247 g/mol. The van der Waals surface area contributed by atoms with Crippen LogP contribution >= 0.6 is 0 Å². The normalized spacial score (nSPS) is 24.5. The van der Waals surface area contributed by atoms with Gasteiger partial charge in [0.25, 0.3) is 0 Å². The molecule has 0 bridgehead atoms. The van der Waals surface area contributed by atoms with E-state index < -0.39 is 5.92 Å². The van der Waals surface area contributed by atoms with E-state index in [2.05, 4.69) is 26.1 Å². The summed E-state index contributed by atoms with van der Waals surface area (Å²) in [5.74, 6) is -1.38. The molecule has 102 valence electrons. The molecule has 1 nitrogen and oxygen atoms in total. The van der Waals surface area contributed by atoms with Crippen LogP contribution in [0, 0.1) is 11.8 Å². The Kier molecular flexibility index (Phi) is 5.84. The van der Waals surface area contributed by atoms with E-state index in [-0.39, 0.29) is 12.8 Å². The molecule has 3 heteroatoms. The van der Waals surface area contributed by atoms with Crippen LogP contribution in [0.15, 0.2) is 0 Å². The van der Waals surface area contributed by atoms with E-state index in [1.54, 1.807) is 0 Å². The molecule has 1 aliphatic carbocycles. The van der Waals surface area contributed by atoms with Crippen molar-refractivity contribution in [1.82, 2.24) is 5.32 Å². The molecule has 1 fully saturated rings. The molecule has 1 N–H and O–H groups in total. The number of rotatable bonds is 6. The lowest BCUT2D eigenvalue weighted by atomic mass is 9.77. The molecule has 0 aromatic carbocycles. The predicted molar refractivity (Wildman–Crippen MR) is 68.4 cm³/mol. The van der Waals surface area contributed by atoms with E-state index in [0.29, 0.717) is 30.7 Å². The highest BCUT2D eigenvalue weighted by Gasteiger charge is 2.38. The number of alkyl halides is 2. The first-order valence-electron chi connectivity index (χ1n) is 7.11. The summed E-state index contributed by atoms with van der Waals surface area (Å²) >= 11 is 0. The van der Waals surface area contributed by atoms with Crippen molar-refractivity contribution >= 4 is 0 Å². The van der Waals surface area contributed by atoms with E-state index in [4.69, 9.17) is 0 Å². The number of nitrogens with one attached hydrogen (secondary N) is 1. The highest BCUT2D eigenvalue weighted by molar-refractivity contribution is 4.87. The standard InChI is InChI=1S/C14H27F2N/c1-4-10-17-13(11(3)5-2)12-6-8-14(15,16)9-7-12/h11-13,17H,4-10H2,1-3H3. The van der Waals surface area contributed by atoms with Crippen molar-refractivity contribution in [2.75, 3.05) is 6.54 Å². The molecule has 0 heterocycles. The first-order valence-corrected chi connectivity index (χ1v) is 7.11. The fourth-order valence-electron chi connectivity index (χ4n) is 2.82. The molecule has 1 aliphatic rings.